The highest BCUT2D eigenvalue weighted by Gasteiger charge is 2.16. The minimum absolute atomic E-state index is 0.0108. The molecule has 0 saturated carbocycles. The van der Waals surface area contributed by atoms with Crippen molar-refractivity contribution in [2.75, 3.05) is 21.3 Å². The maximum atomic E-state index is 12.4. The van der Waals surface area contributed by atoms with Gasteiger partial charge in [0.1, 0.15) is 9.90 Å². The lowest BCUT2D eigenvalue weighted by Gasteiger charge is -2.14. The van der Waals surface area contributed by atoms with E-state index in [1.54, 1.807) is 24.3 Å². The predicted molar refractivity (Wildman–Crippen MR) is 106 cm³/mol. The monoisotopic (exact) mass is 422 g/mol. The Balaban J connectivity index is 2.10. The summed E-state index contributed by atoms with van der Waals surface area (Å²) in [6, 6.07) is 3.47. The van der Waals surface area contributed by atoms with Crippen molar-refractivity contribution in [2.24, 2.45) is 0 Å². The molecule has 0 bridgehead atoms. The third-order valence-electron chi connectivity index (χ3n) is 3.87. The molecule has 10 heteroatoms. The van der Waals surface area contributed by atoms with E-state index in [9.17, 15) is 9.59 Å². The third kappa shape index (κ3) is 3.41. The zero-order chi connectivity index (χ0) is 20.4. The fourth-order valence-corrected chi connectivity index (χ4v) is 3.59. The Morgan fingerprint density at radius 3 is 2.50 bits per heavy atom. The molecule has 2 heterocycles. The van der Waals surface area contributed by atoms with E-state index in [0.29, 0.717) is 22.8 Å². The molecule has 2 aromatic heterocycles. The molecular weight excluding hydrogens is 408 g/mol. The van der Waals surface area contributed by atoms with Gasteiger partial charge >= 0.3 is 5.97 Å². The second-order valence-corrected chi connectivity index (χ2v) is 6.81. The smallest absolute Gasteiger partial charge is 0.347 e. The maximum Gasteiger partial charge on any atom is 0.347 e. The number of ether oxygens (including phenoxy) is 3. The lowest BCUT2D eigenvalue weighted by Crippen LogP contribution is -2.14. The highest BCUT2D eigenvalue weighted by Crippen LogP contribution is 2.40. The molecule has 0 radical (unpaired) electrons. The summed E-state index contributed by atoms with van der Waals surface area (Å²) in [5, 5.41) is 8.98. The van der Waals surface area contributed by atoms with Crippen LogP contribution in [0, 0.1) is 0 Å². The van der Waals surface area contributed by atoms with Crippen molar-refractivity contribution in [2.45, 2.75) is 0 Å². The van der Waals surface area contributed by atoms with Crippen molar-refractivity contribution < 1.29 is 24.1 Å². The zero-order valence-corrected chi connectivity index (χ0v) is 16.6. The van der Waals surface area contributed by atoms with Gasteiger partial charge in [0.25, 0.3) is 5.56 Å². The summed E-state index contributed by atoms with van der Waals surface area (Å²) in [4.78, 5) is 28.0. The van der Waals surface area contributed by atoms with Crippen LogP contribution >= 0.6 is 22.9 Å². The normalized spacial score (nSPS) is 11.1. The molecule has 3 rings (SSSR count). The van der Waals surface area contributed by atoms with Crippen LogP contribution < -0.4 is 19.8 Å². The largest absolute Gasteiger partial charge is 0.493 e. The first kappa shape index (κ1) is 19.7. The summed E-state index contributed by atoms with van der Waals surface area (Å²) in [5.74, 6) is 0.229. The van der Waals surface area contributed by atoms with Gasteiger partial charge in [-0.25, -0.2) is 9.78 Å². The molecule has 0 amide bonds. The molecule has 146 valence electrons. The molecular formula is C18H15ClN2O6S. The van der Waals surface area contributed by atoms with Gasteiger partial charge in [-0.2, -0.15) is 0 Å². The Kier molecular flexibility index (Phi) is 5.57. The van der Waals surface area contributed by atoms with Crippen LogP contribution in [-0.4, -0.2) is 41.8 Å². The third-order valence-corrected chi connectivity index (χ3v) is 5.19. The second-order valence-electron chi connectivity index (χ2n) is 5.43. The van der Waals surface area contributed by atoms with E-state index >= 15 is 0 Å². The van der Waals surface area contributed by atoms with E-state index in [1.165, 1.54) is 27.5 Å². The summed E-state index contributed by atoms with van der Waals surface area (Å²) in [6.07, 6.45) is 4.42. The first-order valence-electron chi connectivity index (χ1n) is 7.83. The van der Waals surface area contributed by atoms with Gasteiger partial charge in [-0.05, 0) is 24.3 Å². The number of rotatable bonds is 6. The lowest BCUT2D eigenvalue weighted by atomic mass is 10.1. The van der Waals surface area contributed by atoms with Crippen LogP contribution in [0.5, 0.6) is 17.2 Å². The van der Waals surface area contributed by atoms with Crippen molar-refractivity contribution in [3.63, 3.8) is 0 Å². The highest BCUT2D eigenvalue weighted by molar-refractivity contribution is 7.18. The van der Waals surface area contributed by atoms with Gasteiger partial charge in [0.15, 0.2) is 16.5 Å². The van der Waals surface area contributed by atoms with Crippen LogP contribution in [0.15, 0.2) is 23.1 Å². The first-order chi connectivity index (χ1) is 13.4. The number of carboxylic acids is 1. The fraction of sp³-hybridized carbons (Fsp3) is 0.167. The molecule has 0 atom stereocenters. The number of halogens is 1. The molecule has 28 heavy (non-hydrogen) atoms. The number of fused-ring (bicyclic) bond motifs is 1. The van der Waals surface area contributed by atoms with Gasteiger partial charge in [0.2, 0.25) is 5.75 Å². The number of thiazole rings is 1. The number of hydrogen-bond acceptors (Lipinski definition) is 7. The van der Waals surface area contributed by atoms with Crippen molar-refractivity contribution in [3.8, 4) is 17.2 Å². The highest BCUT2D eigenvalue weighted by atomic mass is 35.5. The molecule has 0 aliphatic heterocycles. The molecule has 0 aliphatic carbocycles. The van der Waals surface area contributed by atoms with Gasteiger partial charge < -0.3 is 19.3 Å². The minimum Gasteiger partial charge on any atom is -0.493 e. The Bertz CT molecular complexity index is 1150. The van der Waals surface area contributed by atoms with Crippen LogP contribution in [0.1, 0.15) is 20.9 Å². The zero-order valence-electron chi connectivity index (χ0n) is 15.1. The van der Waals surface area contributed by atoms with Crippen LogP contribution in [0.2, 0.25) is 5.02 Å². The van der Waals surface area contributed by atoms with Crippen LogP contribution in [0.3, 0.4) is 0 Å². The van der Waals surface area contributed by atoms with E-state index in [2.05, 4.69) is 4.98 Å². The van der Waals surface area contributed by atoms with E-state index in [1.807, 2.05) is 0 Å². The molecule has 0 saturated heterocycles. The molecule has 3 aromatic rings. The molecule has 1 aromatic carbocycles. The standard InChI is InChI=1S/C18H15ClN2O6S/c1-25-11-7-5-9(14(26-2)15(11)27-3)4-6-10-13(19)16(22)21-8-12(17(23)24)28-18(21)20-10/h4-8H,1-3H3,(H,23,24)/b6-4+. The quantitative estimate of drug-likeness (QED) is 0.650. The van der Waals surface area contributed by atoms with Gasteiger partial charge in [-0.3, -0.25) is 9.20 Å². The molecule has 0 unspecified atom stereocenters. The minimum atomic E-state index is -1.14. The van der Waals surface area contributed by atoms with Crippen LogP contribution in [-0.2, 0) is 0 Å². The summed E-state index contributed by atoms with van der Waals surface area (Å²) in [7, 11) is 4.51. The number of aromatic nitrogens is 2. The summed E-state index contributed by atoms with van der Waals surface area (Å²) in [5.41, 5.74) is 0.312. The Hall–Kier alpha value is -3.04. The number of hydrogen-bond donors (Lipinski definition) is 1. The van der Waals surface area contributed by atoms with E-state index < -0.39 is 11.5 Å². The molecule has 0 aliphatic rings. The predicted octanol–water partition coefficient (Wildman–Crippen LogP) is 3.30. The molecule has 0 spiro atoms. The van der Waals surface area contributed by atoms with Gasteiger partial charge in [0, 0.05) is 11.8 Å². The molecule has 0 fully saturated rings. The number of carbonyl (C=O) groups is 1. The average Bonchev–Trinajstić information content (AvgIpc) is 3.13. The van der Waals surface area contributed by atoms with Crippen molar-refractivity contribution >= 4 is 46.0 Å². The summed E-state index contributed by atoms with van der Waals surface area (Å²) >= 11 is 7.02. The van der Waals surface area contributed by atoms with Crippen LogP contribution in [0.4, 0.5) is 0 Å². The average molecular weight is 423 g/mol. The fourth-order valence-electron chi connectivity index (χ4n) is 2.57. The van der Waals surface area contributed by atoms with Gasteiger partial charge in [0.05, 0.1) is 27.0 Å². The topological polar surface area (TPSA) is 99.4 Å². The van der Waals surface area contributed by atoms with E-state index in [0.717, 1.165) is 15.7 Å². The van der Waals surface area contributed by atoms with Crippen LogP contribution in [0.25, 0.3) is 17.1 Å². The number of methoxy groups -OCH3 is 3. The van der Waals surface area contributed by atoms with Crippen molar-refractivity contribution in [1.82, 2.24) is 9.38 Å². The Morgan fingerprint density at radius 1 is 1.18 bits per heavy atom. The van der Waals surface area contributed by atoms with E-state index in [-0.39, 0.29) is 20.6 Å². The second kappa shape index (κ2) is 7.91. The number of nitrogens with zero attached hydrogens (tertiary/aromatic N) is 2. The van der Waals surface area contributed by atoms with Gasteiger partial charge in [-0.15, -0.1) is 0 Å². The van der Waals surface area contributed by atoms with Crippen molar-refractivity contribution in [1.29, 1.82) is 0 Å². The molecule has 8 nitrogen and oxygen atoms in total. The summed E-state index contributed by atoms with van der Waals surface area (Å²) in [6.45, 7) is 0. The Labute approximate surface area is 168 Å². The van der Waals surface area contributed by atoms with Crippen molar-refractivity contribution in [3.05, 3.63) is 49.8 Å². The Morgan fingerprint density at radius 2 is 1.89 bits per heavy atom. The lowest BCUT2D eigenvalue weighted by molar-refractivity contribution is 0.0701. The number of carboxylic acid groups (broad SMARTS) is 1. The number of aromatic carboxylic acids is 1. The summed E-state index contributed by atoms with van der Waals surface area (Å²) < 4.78 is 17.1. The maximum absolute atomic E-state index is 12.4. The SMILES string of the molecule is COc1ccc(/C=C/c2nc3sc(C(=O)O)cn3c(=O)c2Cl)c(OC)c1OC. The number of benzene rings is 1. The first-order valence-corrected chi connectivity index (χ1v) is 9.02. The van der Waals surface area contributed by atoms with E-state index in [4.69, 9.17) is 30.9 Å². The van der Waals surface area contributed by atoms with Gasteiger partial charge in [-0.1, -0.05) is 22.9 Å². The molecule has 1 N–H and O–H groups in total.